The zero-order valence-electron chi connectivity index (χ0n) is 10.1. The molecule has 2 aromatic carbocycles. The summed E-state index contributed by atoms with van der Waals surface area (Å²) in [6.45, 7) is 0. The molecule has 0 amide bonds. The second-order valence-electron chi connectivity index (χ2n) is 4.38. The van der Waals surface area contributed by atoms with E-state index in [1.54, 1.807) is 0 Å². The summed E-state index contributed by atoms with van der Waals surface area (Å²) in [5.74, 6) is -0.841. The fraction of sp³-hybridized carbons (Fsp3) is 0.0667. The van der Waals surface area contributed by atoms with Gasteiger partial charge in [0.25, 0.3) is 0 Å². The van der Waals surface area contributed by atoms with Gasteiger partial charge in [-0.3, -0.25) is 0 Å². The molecule has 3 aromatic rings. The minimum Gasteiger partial charge on any atom is -0.458 e. The van der Waals surface area contributed by atoms with Gasteiger partial charge in [-0.05, 0) is 30.3 Å². The van der Waals surface area contributed by atoms with Crippen molar-refractivity contribution in [1.82, 2.24) is 0 Å². The first-order chi connectivity index (χ1) is 9.56. The lowest BCUT2D eigenvalue weighted by Gasteiger charge is -2.10. The molecule has 20 heavy (non-hydrogen) atoms. The molecule has 3 rings (SSSR count). The van der Waals surface area contributed by atoms with Crippen LogP contribution < -0.4 is 0 Å². The van der Waals surface area contributed by atoms with Crippen molar-refractivity contribution in [3.8, 4) is 0 Å². The average Bonchev–Trinajstić information content (AvgIpc) is 2.84. The maximum absolute atomic E-state index is 13.4. The Balaban J connectivity index is 2.08. The topological polar surface area (TPSA) is 33.4 Å². The summed E-state index contributed by atoms with van der Waals surface area (Å²) in [5.41, 5.74) is 0.638. The van der Waals surface area contributed by atoms with Crippen LogP contribution in [0.15, 0.2) is 46.9 Å². The van der Waals surface area contributed by atoms with Gasteiger partial charge in [-0.25, -0.2) is 8.78 Å². The molecule has 1 heterocycles. The fourth-order valence-corrected chi connectivity index (χ4v) is 2.28. The monoisotopic (exact) mass is 294 g/mol. The van der Waals surface area contributed by atoms with E-state index in [1.165, 1.54) is 42.5 Å². The van der Waals surface area contributed by atoms with Gasteiger partial charge in [-0.2, -0.15) is 0 Å². The Kier molecular flexibility index (Phi) is 3.20. The molecule has 0 radical (unpaired) electrons. The molecule has 0 spiro atoms. The second-order valence-corrected chi connectivity index (χ2v) is 4.75. The molecule has 0 fully saturated rings. The summed E-state index contributed by atoms with van der Waals surface area (Å²) >= 11 is 5.83. The number of rotatable bonds is 2. The molecule has 0 aliphatic carbocycles. The van der Waals surface area contributed by atoms with E-state index in [2.05, 4.69) is 0 Å². The standard InChI is InChI=1S/C15H9ClF2O2/c16-14-10(2-1-3-11(14)18)15(19)13-7-8-6-9(17)4-5-12(8)20-13/h1-7,15,19H. The van der Waals surface area contributed by atoms with Crippen LogP contribution in [0, 0.1) is 11.6 Å². The number of fused-ring (bicyclic) bond motifs is 1. The van der Waals surface area contributed by atoms with Crippen molar-refractivity contribution >= 4 is 22.6 Å². The van der Waals surface area contributed by atoms with Gasteiger partial charge < -0.3 is 9.52 Å². The van der Waals surface area contributed by atoms with Gasteiger partial charge >= 0.3 is 0 Å². The van der Waals surface area contributed by atoms with Gasteiger partial charge in [0, 0.05) is 10.9 Å². The molecule has 102 valence electrons. The Labute approximate surface area is 118 Å². The summed E-state index contributed by atoms with van der Waals surface area (Å²) in [5, 5.41) is 10.6. The lowest BCUT2D eigenvalue weighted by Crippen LogP contribution is -2.00. The molecular formula is C15H9ClF2O2. The van der Waals surface area contributed by atoms with Gasteiger partial charge in [-0.1, -0.05) is 23.7 Å². The van der Waals surface area contributed by atoms with Crippen LogP contribution >= 0.6 is 11.6 Å². The van der Waals surface area contributed by atoms with Crippen molar-refractivity contribution in [2.75, 3.05) is 0 Å². The van der Waals surface area contributed by atoms with E-state index < -0.39 is 17.7 Å². The summed E-state index contributed by atoms with van der Waals surface area (Å²) in [4.78, 5) is 0. The van der Waals surface area contributed by atoms with E-state index in [0.717, 1.165) is 0 Å². The molecule has 0 saturated heterocycles. The predicted molar refractivity (Wildman–Crippen MR) is 71.6 cm³/mol. The Bertz CT molecular complexity index is 783. The van der Waals surface area contributed by atoms with Crippen LogP contribution in [-0.4, -0.2) is 5.11 Å². The number of furan rings is 1. The number of hydrogen-bond donors (Lipinski definition) is 1. The molecule has 0 aliphatic heterocycles. The maximum atomic E-state index is 13.4. The van der Waals surface area contributed by atoms with Gasteiger partial charge in [0.2, 0.25) is 0 Å². The zero-order chi connectivity index (χ0) is 14.3. The van der Waals surface area contributed by atoms with Crippen molar-refractivity contribution in [3.63, 3.8) is 0 Å². The third-order valence-electron chi connectivity index (χ3n) is 3.04. The third kappa shape index (κ3) is 2.17. The van der Waals surface area contributed by atoms with Crippen LogP contribution in [0.3, 0.4) is 0 Å². The first-order valence-corrected chi connectivity index (χ1v) is 6.25. The molecule has 5 heteroatoms. The molecule has 0 aliphatic rings. The Morgan fingerprint density at radius 2 is 1.90 bits per heavy atom. The van der Waals surface area contributed by atoms with Crippen molar-refractivity contribution in [1.29, 1.82) is 0 Å². The van der Waals surface area contributed by atoms with Crippen molar-refractivity contribution in [2.45, 2.75) is 6.10 Å². The number of benzene rings is 2. The predicted octanol–water partition coefficient (Wildman–Crippen LogP) is 4.45. The number of aliphatic hydroxyl groups excluding tert-OH is 1. The lowest BCUT2D eigenvalue weighted by atomic mass is 10.1. The van der Waals surface area contributed by atoms with Gasteiger partial charge in [0.05, 0.1) is 5.02 Å². The first kappa shape index (κ1) is 13.1. The summed E-state index contributed by atoms with van der Waals surface area (Å²) in [7, 11) is 0. The van der Waals surface area contributed by atoms with E-state index in [0.29, 0.717) is 11.0 Å². The molecular weight excluding hydrogens is 286 g/mol. The number of aliphatic hydroxyl groups is 1. The highest BCUT2D eigenvalue weighted by Crippen LogP contribution is 2.33. The average molecular weight is 295 g/mol. The highest BCUT2D eigenvalue weighted by atomic mass is 35.5. The quantitative estimate of drug-likeness (QED) is 0.757. The summed E-state index contributed by atoms with van der Waals surface area (Å²) < 4.78 is 31.9. The van der Waals surface area contributed by atoms with E-state index in [4.69, 9.17) is 16.0 Å². The third-order valence-corrected chi connectivity index (χ3v) is 3.44. The molecule has 0 bridgehead atoms. The SMILES string of the molecule is OC(c1cc2cc(F)ccc2o1)c1cccc(F)c1Cl. The van der Waals surface area contributed by atoms with Crippen LogP contribution in [0.5, 0.6) is 0 Å². The normalized spacial score (nSPS) is 12.8. The Hall–Kier alpha value is -1.91. The maximum Gasteiger partial charge on any atom is 0.142 e. The van der Waals surface area contributed by atoms with E-state index >= 15 is 0 Å². The molecule has 1 N–H and O–H groups in total. The Morgan fingerprint density at radius 1 is 1.10 bits per heavy atom. The lowest BCUT2D eigenvalue weighted by molar-refractivity contribution is 0.192. The highest BCUT2D eigenvalue weighted by molar-refractivity contribution is 6.31. The van der Waals surface area contributed by atoms with Crippen molar-refractivity contribution in [2.24, 2.45) is 0 Å². The van der Waals surface area contributed by atoms with Gasteiger partial charge in [0.15, 0.2) is 0 Å². The largest absolute Gasteiger partial charge is 0.458 e. The minimum absolute atomic E-state index is 0.161. The minimum atomic E-state index is -1.21. The van der Waals surface area contributed by atoms with Crippen molar-refractivity contribution in [3.05, 3.63) is 70.4 Å². The first-order valence-electron chi connectivity index (χ1n) is 5.87. The van der Waals surface area contributed by atoms with Crippen LogP contribution in [0.25, 0.3) is 11.0 Å². The van der Waals surface area contributed by atoms with Crippen LogP contribution in [-0.2, 0) is 0 Å². The molecule has 1 aromatic heterocycles. The number of halogens is 3. The van der Waals surface area contributed by atoms with Crippen LogP contribution in [0.2, 0.25) is 5.02 Å². The summed E-state index contributed by atoms with van der Waals surface area (Å²) in [6.07, 6.45) is -1.21. The smallest absolute Gasteiger partial charge is 0.142 e. The van der Waals surface area contributed by atoms with Gasteiger partial charge in [0.1, 0.15) is 29.1 Å². The Morgan fingerprint density at radius 3 is 2.70 bits per heavy atom. The number of hydrogen-bond acceptors (Lipinski definition) is 2. The molecule has 1 unspecified atom stereocenters. The van der Waals surface area contributed by atoms with Gasteiger partial charge in [-0.15, -0.1) is 0 Å². The molecule has 2 nitrogen and oxygen atoms in total. The second kappa shape index (κ2) is 4.89. The van der Waals surface area contributed by atoms with Crippen LogP contribution in [0.4, 0.5) is 8.78 Å². The van der Waals surface area contributed by atoms with E-state index in [9.17, 15) is 13.9 Å². The fourth-order valence-electron chi connectivity index (χ4n) is 2.05. The van der Waals surface area contributed by atoms with Crippen LogP contribution in [0.1, 0.15) is 17.4 Å². The highest BCUT2D eigenvalue weighted by Gasteiger charge is 2.20. The molecule has 1 atom stereocenters. The van der Waals surface area contributed by atoms with E-state index in [-0.39, 0.29) is 16.3 Å². The van der Waals surface area contributed by atoms with E-state index in [1.807, 2.05) is 0 Å². The molecule has 0 saturated carbocycles. The summed E-state index contributed by atoms with van der Waals surface area (Å²) in [6, 6.07) is 9.68. The zero-order valence-corrected chi connectivity index (χ0v) is 10.9. The van der Waals surface area contributed by atoms with Crippen molar-refractivity contribution < 1.29 is 18.3 Å².